The number of ether oxygens (including phenoxy) is 7. The van der Waals surface area contributed by atoms with Crippen LogP contribution in [0.1, 0.15) is 164 Å². The van der Waals surface area contributed by atoms with E-state index < -0.39 is 11.9 Å². The number of carboxylic acid groups (broad SMARTS) is 2. The second kappa shape index (κ2) is 45.1. The Bertz CT molecular complexity index is 2100. The van der Waals surface area contributed by atoms with Crippen molar-refractivity contribution in [3.8, 4) is 0 Å². The predicted octanol–water partition coefficient (Wildman–Crippen LogP) is 5.14. The number of carbonyl (C=O) groups excluding carboxylic acids is 5. The molecule has 9 N–H and O–H groups in total. The molecule has 0 heterocycles. The maximum Gasteiger partial charge on any atom is 0.317 e. The van der Waals surface area contributed by atoms with E-state index in [1.807, 2.05) is 4.90 Å². The quantitative estimate of drug-likeness (QED) is 0.0281. The van der Waals surface area contributed by atoms with Crippen molar-refractivity contribution in [2.24, 2.45) is 46.3 Å². The molecule has 91 heavy (non-hydrogen) atoms. The summed E-state index contributed by atoms with van der Waals surface area (Å²) in [6.07, 6.45) is 18.6. The summed E-state index contributed by atoms with van der Waals surface area (Å²) in [6.45, 7) is 22.3. The highest BCUT2D eigenvalue weighted by atomic mass is 16.6. The summed E-state index contributed by atoms with van der Waals surface area (Å²) < 4.78 is 43.4. The third-order valence-corrected chi connectivity index (χ3v) is 19.5. The number of aliphatic carboxylic acids is 2. The summed E-state index contributed by atoms with van der Waals surface area (Å²) in [5.41, 5.74) is -0.00681. The van der Waals surface area contributed by atoms with Crippen LogP contribution in [0.25, 0.3) is 0 Å². The zero-order chi connectivity index (χ0) is 66.3. The number of nitrogens with zero attached hydrogens (tertiary/aromatic N) is 2. The van der Waals surface area contributed by atoms with E-state index in [0.717, 1.165) is 89.9 Å². The molecule has 25 nitrogen and oxygen atoms in total. The highest BCUT2D eigenvalue weighted by molar-refractivity contribution is 5.78. The summed E-state index contributed by atoms with van der Waals surface area (Å²) in [5, 5.41) is 38.0. The van der Waals surface area contributed by atoms with E-state index in [1.54, 1.807) is 20.8 Å². The van der Waals surface area contributed by atoms with Crippen LogP contribution >= 0.6 is 0 Å². The molecule has 11 atom stereocenters. The zero-order valence-electron chi connectivity index (χ0n) is 56.7. The average molecular weight is 1300 g/mol. The first-order valence-electron chi connectivity index (χ1n) is 34.6. The van der Waals surface area contributed by atoms with Crippen LogP contribution in [0.3, 0.4) is 0 Å². The van der Waals surface area contributed by atoms with Crippen LogP contribution in [0.2, 0.25) is 0 Å². The Labute approximate surface area is 543 Å². The van der Waals surface area contributed by atoms with E-state index in [4.69, 9.17) is 43.4 Å². The lowest BCUT2D eigenvalue weighted by Gasteiger charge is -2.65. The molecule has 0 saturated heterocycles. The van der Waals surface area contributed by atoms with Gasteiger partial charge in [0.1, 0.15) is 0 Å². The van der Waals surface area contributed by atoms with Gasteiger partial charge >= 0.3 is 18.0 Å². The number of nitrogens with one attached hydrogen (secondary N) is 7. The highest BCUT2D eigenvalue weighted by Crippen LogP contribution is 2.69. The lowest BCUT2D eigenvalue weighted by Crippen LogP contribution is -2.63. The Morgan fingerprint density at radius 1 is 0.549 bits per heavy atom. The fourth-order valence-corrected chi connectivity index (χ4v) is 15.0. The summed E-state index contributed by atoms with van der Waals surface area (Å²) in [6, 6.07) is -0.0571. The van der Waals surface area contributed by atoms with Crippen molar-refractivity contribution in [3.63, 3.8) is 0 Å². The van der Waals surface area contributed by atoms with Gasteiger partial charge in [0.15, 0.2) is 0 Å². The second-order valence-electron chi connectivity index (χ2n) is 26.3. The fourth-order valence-electron chi connectivity index (χ4n) is 15.0. The van der Waals surface area contributed by atoms with Crippen LogP contribution in [0, 0.1) is 46.3 Å². The zero-order valence-corrected chi connectivity index (χ0v) is 56.7. The van der Waals surface area contributed by atoms with Crippen molar-refractivity contribution < 1.29 is 76.9 Å². The van der Waals surface area contributed by atoms with Gasteiger partial charge in [-0.05, 0) is 124 Å². The molecule has 0 aliphatic heterocycles. The number of amides is 6. The maximum absolute atomic E-state index is 13.9. The van der Waals surface area contributed by atoms with Crippen molar-refractivity contribution >= 4 is 41.6 Å². The topological polar surface area (TPSA) is 315 Å². The van der Waals surface area contributed by atoms with Crippen LogP contribution in [-0.4, -0.2) is 231 Å². The van der Waals surface area contributed by atoms with Gasteiger partial charge in [-0.2, -0.15) is 0 Å². The van der Waals surface area contributed by atoms with E-state index >= 15 is 0 Å². The van der Waals surface area contributed by atoms with Gasteiger partial charge in [0.25, 0.3) is 0 Å². The molecular weight excluding hydrogens is 1170 g/mol. The van der Waals surface area contributed by atoms with Crippen LogP contribution < -0.4 is 37.2 Å². The number of rotatable bonds is 52. The van der Waals surface area contributed by atoms with E-state index in [1.165, 1.54) is 30.6 Å². The molecule has 4 fully saturated rings. The van der Waals surface area contributed by atoms with Gasteiger partial charge in [-0.15, -0.1) is 0 Å². The lowest BCUT2D eigenvalue weighted by atomic mass is 9.43. The molecule has 526 valence electrons. The maximum atomic E-state index is 13.9. The van der Waals surface area contributed by atoms with Crippen molar-refractivity contribution in [1.82, 2.24) is 47.0 Å². The van der Waals surface area contributed by atoms with Gasteiger partial charge in [0.2, 0.25) is 23.6 Å². The molecule has 0 spiro atoms. The normalized spacial score (nSPS) is 24.6. The molecule has 0 aromatic carbocycles. The second-order valence-corrected chi connectivity index (χ2v) is 26.3. The van der Waals surface area contributed by atoms with Crippen molar-refractivity contribution in [2.75, 3.05) is 151 Å². The molecule has 4 aliphatic rings. The molecule has 0 bridgehead atoms. The molecule has 0 aromatic rings. The van der Waals surface area contributed by atoms with E-state index in [9.17, 15) is 33.6 Å². The smallest absolute Gasteiger partial charge is 0.317 e. The van der Waals surface area contributed by atoms with Gasteiger partial charge in [0, 0.05) is 91.8 Å². The molecule has 4 saturated carbocycles. The third-order valence-electron chi connectivity index (χ3n) is 19.5. The van der Waals surface area contributed by atoms with Crippen LogP contribution in [-0.2, 0) is 61.9 Å². The number of fused-ring (bicyclic) bond motifs is 5. The largest absolute Gasteiger partial charge is 0.480 e. The summed E-state index contributed by atoms with van der Waals surface area (Å²) in [4.78, 5) is 86.5. The first-order valence-corrected chi connectivity index (χ1v) is 34.6. The Morgan fingerprint density at radius 2 is 1.10 bits per heavy atom. The first kappa shape index (κ1) is 79.1. The van der Waals surface area contributed by atoms with Gasteiger partial charge in [-0.1, -0.05) is 59.8 Å². The van der Waals surface area contributed by atoms with E-state index in [-0.39, 0.29) is 105 Å². The predicted molar refractivity (Wildman–Crippen MR) is 346 cm³/mol. The minimum Gasteiger partial charge on any atom is -0.480 e. The van der Waals surface area contributed by atoms with Crippen molar-refractivity contribution in [2.45, 2.75) is 182 Å². The highest BCUT2D eigenvalue weighted by Gasteiger charge is 2.66. The van der Waals surface area contributed by atoms with Crippen LogP contribution in [0.4, 0.5) is 4.79 Å². The van der Waals surface area contributed by atoms with Gasteiger partial charge in [0.05, 0.1) is 104 Å². The minimum absolute atomic E-state index is 0.0217. The standard InChI is InChI=1S/C66H121N9O16/c1-8-9-10-11-12-13-28-75(64(84)73-27-34-86-36-38-88-40-39-87-37-35-85-33-26-72-60(79)44-67-47-74(46-62(82)83)48-68-45-61(80)81)29-14-18-49(2)55-19-20-56-63-57(43-59(66(55,56)7)91-32-17-25-71-52(5)78)65(6)22-21-54(89-30-15-23-69-50(3)76)41-53(65)42-58(63)90-31-16-24-70-51(4)77/h49,53-59,63,67-68H,8-48H2,1-7H3,(H,69,76)(H,70,77)(H,71,78)(H,72,79)(H,73,84)(H,80,81)(H,82,83)/t49-,53?,54-,55?,56+,57+,58-,59+,63?,65?,66+/m1/s1. The summed E-state index contributed by atoms with van der Waals surface area (Å²) in [7, 11) is 0. The Balaban J connectivity index is 1.25. The molecule has 25 heteroatoms. The molecule has 0 radical (unpaired) electrons. The molecule has 4 rings (SSSR count). The molecule has 6 amide bonds. The number of carboxylic acids is 2. The van der Waals surface area contributed by atoms with Gasteiger partial charge < -0.3 is 74.9 Å². The molecular formula is C66H121N9O16. The third kappa shape index (κ3) is 29.9. The molecule has 0 aromatic heterocycles. The number of carbonyl (C=O) groups is 7. The number of urea groups is 1. The average Bonchev–Trinajstić information content (AvgIpc) is 1.69. The Kier molecular flexibility index (Phi) is 39.2. The minimum atomic E-state index is -1.08. The number of hydrogen-bond acceptors (Lipinski definition) is 17. The summed E-state index contributed by atoms with van der Waals surface area (Å²) in [5.74, 6) is -0.0935. The van der Waals surface area contributed by atoms with Crippen LogP contribution in [0.5, 0.6) is 0 Å². The SMILES string of the molecule is CCCCCCCCN(CCC[C@@H](C)C1CC[C@H]2C3[C@H](OCCCNC(C)=O)CC4C[C@H](OCCCNC(C)=O)CCC4(C)[C@H]3C[C@H](OCCCNC(C)=O)[C@@]12C)C(=O)NCCOCCOCCOCCOCCNC(=O)CNCN(CNCC(=O)O)CC(=O)O. The number of hydrogen-bond donors (Lipinski definition) is 9. The Morgan fingerprint density at radius 3 is 1.69 bits per heavy atom. The number of unbranched alkanes of at least 4 members (excludes halogenated alkanes) is 5. The Hall–Kier alpha value is -4.31. The van der Waals surface area contributed by atoms with Crippen molar-refractivity contribution in [1.29, 1.82) is 0 Å². The van der Waals surface area contributed by atoms with E-state index in [2.05, 4.69) is 64.9 Å². The first-order chi connectivity index (χ1) is 43.8. The van der Waals surface area contributed by atoms with E-state index in [0.29, 0.717) is 141 Å². The summed E-state index contributed by atoms with van der Waals surface area (Å²) >= 11 is 0. The molecule has 4 aliphatic carbocycles. The van der Waals surface area contributed by atoms with Gasteiger partial charge in [-0.25, -0.2) is 4.79 Å². The van der Waals surface area contributed by atoms with Crippen LogP contribution in [0.15, 0.2) is 0 Å². The van der Waals surface area contributed by atoms with Gasteiger partial charge in [-0.3, -0.25) is 44.3 Å². The monoisotopic (exact) mass is 1300 g/mol. The molecule has 4 unspecified atom stereocenters. The lowest BCUT2D eigenvalue weighted by molar-refractivity contribution is -0.227. The van der Waals surface area contributed by atoms with Crippen molar-refractivity contribution in [3.05, 3.63) is 0 Å². The fraction of sp³-hybridized carbons (Fsp3) is 0.894.